The number of halogens is 5. The smallest absolute Gasteiger partial charge is 0.534 e. The molecule has 2 aromatic carbocycles. The van der Waals surface area contributed by atoms with Crippen LogP contribution in [0, 0.1) is 5.82 Å². The van der Waals surface area contributed by atoms with Crippen molar-refractivity contribution < 1.29 is 34.6 Å². The number of fused-ring (bicyclic) bond motifs is 1. The number of hydrogen-bond acceptors (Lipinski definition) is 4. The first-order chi connectivity index (χ1) is 14.0. The van der Waals surface area contributed by atoms with Crippen molar-refractivity contribution in [1.82, 2.24) is 0 Å². The lowest BCUT2D eigenvalue weighted by molar-refractivity contribution is -0.0499. The maximum Gasteiger partial charge on any atom is 0.534 e. The fourth-order valence-electron chi connectivity index (χ4n) is 4.18. The van der Waals surface area contributed by atoms with Crippen LogP contribution in [0.3, 0.4) is 0 Å². The molecule has 2 aromatic rings. The third-order valence-electron chi connectivity index (χ3n) is 5.43. The second kappa shape index (κ2) is 8.78. The van der Waals surface area contributed by atoms with Gasteiger partial charge in [-0.15, -0.1) is 0 Å². The quantitative estimate of drug-likeness (QED) is 0.172. The van der Waals surface area contributed by atoms with E-state index in [-0.39, 0.29) is 33.1 Å². The molecule has 31 heavy (non-hydrogen) atoms. The molecule has 0 unspecified atom stereocenters. The van der Waals surface area contributed by atoms with E-state index in [0.717, 1.165) is 12.1 Å². The van der Waals surface area contributed by atoms with E-state index >= 15 is 0 Å². The molecule has 0 saturated carbocycles. The molecule has 0 aliphatic rings. The van der Waals surface area contributed by atoms with E-state index in [1.807, 2.05) is 41.5 Å². The SMILES string of the molecule is CC(C)[Si](Oc1cc(OS(=O)(=O)C(F)(F)F)c2c(Cl)c(F)ccc2c1)(C(C)C)C(C)C. The Morgan fingerprint density at radius 3 is 1.94 bits per heavy atom. The van der Waals surface area contributed by atoms with Crippen LogP contribution in [0.4, 0.5) is 17.6 Å². The Hall–Kier alpha value is -1.52. The lowest BCUT2D eigenvalue weighted by Crippen LogP contribution is -2.50. The highest BCUT2D eigenvalue weighted by molar-refractivity contribution is 7.88. The van der Waals surface area contributed by atoms with Crippen molar-refractivity contribution in [3.05, 3.63) is 35.1 Å². The summed E-state index contributed by atoms with van der Waals surface area (Å²) in [4.78, 5) is 0. The van der Waals surface area contributed by atoms with Gasteiger partial charge in [-0.05, 0) is 34.1 Å². The van der Waals surface area contributed by atoms with Gasteiger partial charge in [0.2, 0.25) is 0 Å². The normalized spacial score (nSPS) is 13.5. The van der Waals surface area contributed by atoms with Crippen LogP contribution in [0.2, 0.25) is 21.6 Å². The van der Waals surface area contributed by atoms with E-state index < -0.39 is 40.5 Å². The van der Waals surface area contributed by atoms with Crippen molar-refractivity contribution in [3.8, 4) is 11.5 Å². The van der Waals surface area contributed by atoms with Crippen molar-refractivity contribution >= 4 is 40.8 Å². The molecule has 0 radical (unpaired) electrons. The average molecular weight is 501 g/mol. The van der Waals surface area contributed by atoms with Crippen LogP contribution in [0.25, 0.3) is 10.8 Å². The molecule has 0 fully saturated rings. The third kappa shape index (κ3) is 4.80. The zero-order valence-corrected chi connectivity index (χ0v) is 20.5. The summed E-state index contributed by atoms with van der Waals surface area (Å²) in [7, 11) is -8.54. The molecule has 0 aliphatic carbocycles. The Kier molecular flexibility index (Phi) is 7.29. The summed E-state index contributed by atoms with van der Waals surface area (Å²) in [6, 6.07) is 4.85. The fraction of sp³-hybridized carbons (Fsp3) is 0.500. The lowest BCUT2D eigenvalue weighted by Gasteiger charge is -2.42. The van der Waals surface area contributed by atoms with Gasteiger partial charge < -0.3 is 8.61 Å². The molecule has 0 amide bonds. The van der Waals surface area contributed by atoms with Crippen molar-refractivity contribution in [1.29, 1.82) is 0 Å². The van der Waals surface area contributed by atoms with E-state index in [4.69, 9.17) is 16.0 Å². The summed E-state index contributed by atoms with van der Waals surface area (Å²) in [5, 5.41) is -0.639. The molecule has 0 heterocycles. The molecule has 0 N–H and O–H groups in total. The molecular formula is C20H25ClF4O4SSi. The molecule has 0 spiro atoms. The van der Waals surface area contributed by atoms with Crippen molar-refractivity contribution in [2.45, 2.75) is 63.7 Å². The van der Waals surface area contributed by atoms with Gasteiger partial charge in [-0.3, -0.25) is 0 Å². The second-order valence-electron chi connectivity index (χ2n) is 8.28. The average Bonchev–Trinajstić information content (AvgIpc) is 2.60. The predicted molar refractivity (Wildman–Crippen MR) is 116 cm³/mol. The minimum atomic E-state index is -6.01. The molecule has 0 aromatic heterocycles. The number of benzene rings is 2. The number of rotatable bonds is 7. The first kappa shape index (κ1) is 25.7. The zero-order chi connectivity index (χ0) is 23.9. The summed E-state index contributed by atoms with van der Waals surface area (Å²) in [6.45, 7) is 12.1. The summed E-state index contributed by atoms with van der Waals surface area (Å²) < 4.78 is 87.0. The predicted octanol–water partition coefficient (Wildman–Crippen LogP) is 7.42. The lowest BCUT2D eigenvalue weighted by atomic mass is 10.1. The van der Waals surface area contributed by atoms with E-state index in [1.54, 1.807) is 0 Å². The summed E-state index contributed by atoms with van der Waals surface area (Å²) >= 11 is 5.95. The van der Waals surface area contributed by atoms with E-state index in [0.29, 0.717) is 0 Å². The monoisotopic (exact) mass is 500 g/mol. The largest absolute Gasteiger partial charge is 0.543 e. The molecule has 0 bridgehead atoms. The minimum Gasteiger partial charge on any atom is -0.543 e. The van der Waals surface area contributed by atoms with Crippen LogP contribution in [-0.4, -0.2) is 22.2 Å². The van der Waals surface area contributed by atoms with Gasteiger partial charge in [0.1, 0.15) is 11.6 Å². The summed E-state index contributed by atoms with van der Waals surface area (Å²) in [5.41, 5.74) is -5.24. The van der Waals surface area contributed by atoms with Gasteiger partial charge in [0.15, 0.2) is 5.75 Å². The Morgan fingerprint density at radius 1 is 0.968 bits per heavy atom. The van der Waals surface area contributed by atoms with Gasteiger partial charge in [0, 0.05) is 11.5 Å². The van der Waals surface area contributed by atoms with Crippen molar-refractivity contribution in [2.75, 3.05) is 0 Å². The molecule has 0 aliphatic heterocycles. The summed E-state index contributed by atoms with van der Waals surface area (Å²) in [6.07, 6.45) is 0. The van der Waals surface area contributed by atoms with Crippen LogP contribution >= 0.6 is 11.6 Å². The molecule has 11 heteroatoms. The molecular weight excluding hydrogens is 476 g/mol. The first-order valence-corrected chi connectivity index (χ1v) is 13.6. The molecule has 174 valence electrons. The fourth-order valence-corrected chi connectivity index (χ4v) is 10.1. The maximum atomic E-state index is 14.0. The Morgan fingerprint density at radius 2 is 1.48 bits per heavy atom. The number of hydrogen-bond donors (Lipinski definition) is 0. The second-order valence-corrected chi connectivity index (χ2v) is 15.6. The van der Waals surface area contributed by atoms with Gasteiger partial charge in [-0.1, -0.05) is 59.2 Å². The molecule has 2 rings (SSSR count). The van der Waals surface area contributed by atoms with Crippen LogP contribution in [0.15, 0.2) is 24.3 Å². The number of alkyl halides is 3. The van der Waals surface area contributed by atoms with Crippen LogP contribution in [0.5, 0.6) is 11.5 Å². The van der Waals surface area contributed by atoms with Crippen LogP contribution in [-0.2, 0) is 10.1 Å². The van der Waals surface area contributed by atoms with Gasteiger partial charge in [0.05, 0.1) is 5.02 Å². The van der Waals surface area contributed by atoms with Crippen molar-refractivity contribution in [3.63, 3.8) is 0 Å². The van der Waals surface area contributed by atoms with Gasteiger partial charge in [-0.2, -0.15) is 21.6 Å². The minimum absolute atomic E-state index is 0.142. The molecule has 0 atom stereocenters. The highest BCUT2D eigenvalue weighted by Crippen LogP contribution is 2.45. The van der Waals surface area contributed by atoms with Crippen molar-refractivity contribution in [2.24, 2.45) is 0 Å². The maximum absolute atomic E-state index is 14.0. The highest BCUT2D eigenvalue weighted by Gasteiger charge is 2.49. The topological polar surface area (TPSA) is 52.6 Å². The third-order valence-corrected chi connectivity index (χ3v) is 12.8. The first-order valence-electron chi connectivity index (χ1n) is 9.66. The molecule has 0 saturated heterocycles. The Balaban J connectivity index is 2.78. The van der Waals surface area contributed by atoms with Gasteiger partial charge in [0.25, 0.3) is 8.32 Å². The Bertz CT molecular complexity index is 1050. The highest BCUT2D eigenvalue weighted by atomic mass is 35.5. The zero-order valence-electron chi connectivity index (χ0n) is 18.0. The van der Waals surface area contributed by atoms with Crippen LogP contribution in [0.1, 0.15) is 41.5 Å². The van der Waals surface area contributed by atoms with E-state index in [9.17, 15) is 26.0 Å². The standard InChI is InChI=1S/C20H25ClF4O4SSi/c1-11(2)31(12(3)4,13(5)6)29-15-9-14-7-8-16(22)19(21)18(14)17(10-15)28-30(26,27)20(23,24)25/h7-13H,1-6H3. The van der Waals surface area contributed by atoms with Crippen LogP contribution < -0.4 is 8.61 Å². The van der Waals surface area contributed by atoms with E-state index in [1.165, 1.54) is 12.1 Å². The van der Waals surface area contributed by atoms with E-state index in [2.05, 4.69) is 4.18 Å². The van der Waals surface area contributed by atoms with Gasteiger partial charge >= 0.3 is 15.6 Å². The summed E-state index contributed by atoms with van der Waals surface area (Å²) in [5.74, 6) is -1.52. The Labute approximate surface area is 185 Å². The van der Waals surface area contributed by atoms with Gasteiger partial charge in [-0.25, -0.2) is 4.39 Å². The molecule has 4 nitrogen and oxygen atoms in total.